The van der Waals surface area contributed by atoms with Gasteiger partial charge in [-0.15, -0.1) is 0 Å². The molecule has 0 spiro atoms. The predicted molar refractivity (Wildman–Crippen MR) is 102 cm³/mol. The highest BCUT2D eigenvalue weighted by atomic mass is 16.5. The third-order valence-electron chi connectivity index (χ3n) is 4.74. The van der Waals surface area contributed by atoms with E-state index in [4.69, 9.17) is 10.00 Å². The Hall–Kier alpha value is -3.13. The molecule has 2 aromatic rings. The van der Waals surface area contributed by atoms with Crippen LogP contribution in [-0.2, 0) is 33.6 Å². The van der Waals surface area contributed by atoms with Crippen LogP contribution >= 0.6 is 0 Å². The summed E-state index contributed by atoms with van der Waals surface area (Å²) in [5.41, 5.74) is 4.34. The Morgan fingerprint density at radius 3 is 2.67 bits per heavy atom. The molecule has 1 amide bonds. The average molecular weight is 362 g/mol. The second-order valence-electron chi connectivity index (χ2n) is 6.77. The molecule has 0 bridgehead atoms. The average Bonchev–Trinajstić information content (AvgIpc) is 2.68. The Morgan fingerprint density at radius 1 is 1.15 bits per heavy atom. The number of esters is 1. The fraction of sp³-hybridized carbons (Fsp3) is 0.318. The highest BCUT2D eigenvalue weighted by Gasteiger charge is 2.19. The summed E-state index contributed by atoms with van der Waals surface area (Å²) >= 11 is 0. The molecular formula is C22H22N2O3. The molecule has 27 heavy (non-hydrogen) atoms. The fourth-order valence-corrected chi connectivity index (χ4v) is 3.28. The lowest BCUT2D eigenvalue weighted by Crippen LogP contribution is -2.30. The zero-order valence-corrected chi connectivity index (χ0v) is 15.3. The molecule has 2 aromatic carbocycles. The maximum atomic E-state index is 12.3. The molecule has 0 fully saturated rings. The van der Waals surface area contributed by atoms with Gasteiger partial charge in [-0.1, -0.05) is 30.3 Å². The van der Waals surface area contributed by atoms with E-state index < -0.39 is 18.0 Å². The second-order valence-corrected chi connectivity index (χ2v) is 6.77. The zero-order valence-electron chi connectivity index (χ0n) is 15.3. The number of aryl methyl sites for hydroxylation is 2. The van der Waals surface area contributed by atoms with Crippen molar-refractivity contribution in [3.63, 3.8) is 0 Å². The lowest BCUT2D eigenvalue weighted by molar-refractivity contribution is -0.152. The first-order valence-corrected chi connectivity index (χ1v) is 9.17. The first kappa shape index (κ1) is 18.7. The van der Waals surface area contributed by atoms with Crippen LogP contribution in [0.5, 0.6) is 0 Å². The molecule has 1 aliphatic carbocycles. The summed E-state index contributed by atoms with van der Waals surface area (Å²) in [7, 11) is 0. The summed E-state index contributed by atoms with van der Waals surface area (Å²) in [6.07, 6.45) is 3.75. The van der Waals surface area contributed by atoms with Gasteiger partial charge in [0, 0.05) is 0 Å². The first-order valence-electron chi connectivity index (χ1n) is 9.17. The number of nitrogens with zero attached hydrogens (tertiary/aromatic N) is 1. The van der Waals surface area contributed by atoms with Gasteiger partial charge in [-0.25, -0.2) is 0 Å². The Morgan fingerprint density at radius 2 is 1.89 bits per heavy atom. The minimum atomic E-state index is -0.943. The number of amides is 1. The SMILES string of the molecule is C[C@H](OC(=O)Cc1ccc2c(c1)CCCC2)C(=O)Nc1ccccc1C#N. The second kappa shape index (κ2) is 8.50. The van der Waals surface area contributed by atoms with Crippen molar-refractivity contribution in [3.05, 3.63) is 64.7 Å². The highest BCUT2D eigenvalue weighted by molar-refractivity contribution is 5.96. The zero-order chi connectivity index (χ0) is 19.2. The lowest BCUT2D eigenvalue weighted by atomic mass is 9.90. The summed E-state index contributed by atoms with van der Waals surface area (Å²) in [4.78, 5) is 24.5. The van der Waals surface area contributed by atoms with Crippen molar-refractivity contribution < 1.29 is 14.3 Å². The van der Waals surface area contributed by atoms with Gasteiger partial charge in [-0.2, -0.15) is 5.26 Å². The molecule has 1 N–H and O–H groups in total. The largest absolute Gasteiger partial charge is 0.452 e. The molecular weight excluding hydrogens is 340 g/mol. The Balaban J connectivity index is 1.57. The van der Waals surface area contributed by atoms with Gasteiger partial charge in [-0.3, -0.25) is 9.59 Å². The predicted octanol–water partition coefficient (Wildman–Crippen LogP) is 3.55. The van der Waals surface area contributed by atoms with Gasteiger partial charge in [0.05, 0.1) is 17.7 Å². The maximum Gasteiger partial charge on any atom is 0.311 e. The fourth-order valence-electron chi connectivity index (χ4n) is 3.28. The molecule has 0 unspecified atom stereocenters. The Labute approximate surface area is 159 Å². The standard InChI is InChI=1S/C22H22N2O3/c1-15(22(26)24-20-9-5-4-8-19(20)14-23)27-21(25)13-16-10-11-17-6-2-3-7-18(17)12-16/h4-5,8-12,15H,2-3,6-7,13H2,1H3,(H,24,26)/t15-/m0/s1. The number of hydrogen-bond acceptors (Lipinski definition) is 4. The summed E-state index contributed by atoms with van der Waals surface area (Å²) in [5, 5.41) is 11.7. The van der Waals surface area contributed by atoms with E-state index in [0.29, 0.717) is 11.3 Å². The van der Waals surface area contributed by atoms with E-state index >= 15 is 0 Å². The van der Waals surface area contributed by atoms with Crippen LogP contribution in [0.3, 0.4) is 0 Å². The van der Waals surface area contributed by atoms with Gasteiger partial charge in [0.2, 0.25) is 0 Å². The van der Waals surface area contributed by atoms with Gasteiger partial charge in [0.25, 0.3) is 5.91 Å². The molecule has 0 aromatic heterocycles. The summed E-state index contributed by atoms with van der Waals surface area (Å²) in [6, 6.07) is 14.8. The van der Waals surface area contributed by atoms with Gasteiger partial charge in [0.1, 0.15) is 6.07 Å². The van der Waals surface area contributed by atoms with Crippen molar-refractivity contribution >= 4 is 17.6 Å². The molecule has 0 saturated heterocycles. The van der Waals surface area contributed by atoms with Crippen molar-refractivity contribution in [2.45, 2.75) is 45.1 Å². The lowest BCUT2D eigenvalue weighted by Gasteiger charge is -2.17. The molecule has 3 rings (SSSR count). The monoisotopic (exact) mass is 362 g/mol. The van der Waals surface area contributed by atoms with E-state index in [1.165, 1.54) is 30.9 Å². The molecule has 1 atom stereocenters. The number of anilines is 1. The number of nitriles is 1. The molecule has 0 radical (unpaired) electrons. The van der Waals surface area contributed by atoms with Crippen molar-refractivity contribution in [2.75, 3.05) is 5.32 Å². The molecule has 1 aliphatic rings. The van der Waals surface area contributed by atoms with Crippen LogP contribution in [0.1, 0.15) is 42.0 Å². The van der Waals surface area contributed by atoms with E-state index in [9.17, 15) is 9.59 Å². The number of ether oxygens (including phenoxy) is 1. The summed E-state index contributed by atoms with van der Waals surface area (Å²) in [6.45, 7) is 1.52. The minimum Gasteiger partial charge on any atom is -0.452 e. The minimum absolute atomic E-state index is 0.139. The van der Waals surface area contributed by atoms with Crippen molar-refractivity contribution in [2.24, 2.45) is 0 Å². The van der Waals surface area contributed by atoms with Crippen LogP contribution in [-0.4, -0.2) is 18.0 Å². The highest BCUT2D eigenvalue weighted by Crippen LogP contribution is 2.22. The maximum absolute atomic E-state index is 12.3. The first-order chi connectivity index (χ1) is 13.1. The van der Waals surface area contributed by atoms with E-state index in [-0.39, 0.29) is 6.42 Å². The molecule has 5 heteroatoms. The number of carbonyl (C=O) groups excluding carboxylic acids is 2. The Kier molecular flexibility index (Phi) is 5.87. The quantitative estimate of drug-likeness (QED) is 0.825. The van der Waals surface area contributed by atoms with Gasteiger partial charge in [0.15, 0.2) is 6.10 Å². The van der Waals surface area contributed by atoms with Crippen LogP contribution in [0.4, 0.5) is 5.69 Å². The number of fused-ring (bicyclic) bond motifs is 1. The third kappa shape index (κ3) is 4.73. The van der Waals surface area contributed by atoms with Crippen LogP contribution < -0.4 is 5.32 Å². The number of rotatable bonds is 5. The van der Waals surface area contributed by atoms with Crippen molar-refractivity contribution in [1.29, 1.82) is 5.26 Å². The molecule has 138 valence electrons. The topological polar surface area (TPSA) is 79.2 Å². The number of carbonyl (C=O) groups is 2. The molecule has 0 heterocycles. The van der Waals surface area contributed by atoms with E-state index in [2.05, 4.69) is 17.4 Å². The van der Waals surface area contributed by atoms with E-state index in [1.54, 1.807) is 24.3 Å². The third-order valence-corrected chi connectivity index (χ3v) is 4.74. The number of hydrogen-bond donors (Lipinski definition) is 1. The number of nitrogens with one attached hydrogen (secondary N) is 1. The molecule has 0 aliphatic heterocycles. The summed E-state index contributed by atoms with van der Waals surface area (Å²) in [5.74, 6) is -0.904. The van der Waals surface area contributed by atoms with Crippen molar-refractivity contribution in [1.82, 2.24) is 0 Å². The van der Waals surface area contributed by atoms with E-state index in [0.717, 1.165) is 18.4 Å². The summed E-state index contributed by atoms with van der Waals surface area (Å²) < 4.78 is 5.27. The molecule has 0 saturated carbocycles. The molecule has 5 nitrogen and oxygen atoms in total. The van der Waals surface area contributed by atoms with E-state index in [1.807, 2.05) is 12.1 Å². The van der Waals surface area contributed by atoms with Gasteiger partial charge in [-0.05, 0) is 61.4 Å². The van der Waals surface area contributed by atoms with Crippen molar-refractivity contribution in [3.8, 4) is 6.07 Å². The van der Waals surface area contributed by atoms with Gasteiger partial charge < -0.3 is 10.1 Å². The van der Waals surface area contributed by atoms with Crippen LogP contribution in [0.15, 0.2) is 42.5 Å². The smallest absolute Gasteiger partial charge is 0.311 e. The van der Waals surface area contributed by atoms with Crippen LogP contribution in [0, 0.1) is 11.3 Å². The normalized spacial score (nSPS) is 13.8. The number of benzene rings is 2. The Bertz CT molecular complexity index is 899. The van der Waals surface area contributed by atoms with Crippen LogP contribution in [0.25, 0.3) is 0 Å². The number of para-hydroxylation sites is 1. The van der Waals surface area contributed by atoms with Gasteiger partial charge >= 0.3 is 5.97 Å². The van der Waals surface area contributed by atoms with Crippen LogP contribution in [0.2, 0.25) is 0 Å².